The molecule has 0 heterocycles. The number of rotatable bonds is 4. The van der Waals surface area contributed by atoms with Crippen molar-refractivity contribution in [2.24, 2.45) is 11.8 Å². The Kier molecular flexibility index (Phi) is 2.91. The summed E-state index contributed by atoms with van der Waals surface area (Å²) in [6.45, 7) is 6.41. The van der Waals surface area contributed by atoms with Crippen molar-refractivity contribution < 1.29 is 0 Å². The number of hydrogen-bond donors (Lipinski definition) is 0. The molecule has 1 aliphatic carbocycles. The molecule has 1 fully saturated rings. The van der Waals surface area contributed by atoms with E-state index in [0.717, 1.165) is 24.9 Å². The van der Waals surface area contributed by atoms with E-state index in [-0.39, 0.29) is 0 Å². The summed E-state index contributed by atoms with van der Waals surface area (Å²) < 4.78 is 0. The molecular weight excluding hydrogens is 148 g/mol. The highest BCUT2D eigenvalue weighted by molar-refractivity contribution is 5.27. The molecule has 2 heteroatoms. The zero-order valence-electron chi connectivity index (χ0n) is 8.67. The predicted molar refractivity (Wildman–Crippen MR) is 53.2 cm³/mol. The number of hydrogen-bond acceptors (Lipinski definition) is 2. The summed E-state index contributed by atoms with van der Waals surface area (Å²) in [5.41, 5.74) is 1.44. The highest BCUT2D eigenvalue weighted by Gasteiger charge is 2.41. The lowest BCUT2D eigenvalue weighted by molar-refractivity contribution is 0.342. The topological polar surface area (TPSA) is 6.48 Å². The second-order valence-electron chi connectivity index (χ2n) is 4.31. The van der Waals surface area contributed by atoms with Crippen LogP contribution in [0, 0.1) is 11.8 Å². The Morgan fingerprint density at radius 3 is 1.58 bits per heavy atom. The van der Waals surface area contributed by atoms with Crippen LogP contribution in [-0.2, 0) is 0 Å². The average Bonchev–Trinajstić information content (AvgIpc) is 2.43. The van der Waals surface area contributed by atoms with Crippen LogP contribution in [0.25, 0.3) is 0 Å². The second kappa shape index (κ2) is 3.58. The van der Waals surface area contributed by atoms with E-state index in [0.29, 0.717) is 0 Å². The van der Waals surface area contributed by atoms with Crippen LogP contribution in [-0.4, -0.2) is 51.1 Å². The van der Waals surface area contributed by atoms with Gasteiger partial charge in [-0.2, -0.15) is 0 Å². The van der Waals surface area contributed by atoms with Gasteiger partial charge < -0.3 is 9.80 Å². The Morgan fingerprint density at radius 2 is 1.33 bits per heavy atom. The van der Waals surface area contributed by atoms with E-state index in [9.17, 15) is 0 Å². The maximum atomic E-state index is 4.08. The molecule has 70 valence electrons. The maximum Gasteiger partial charge on any atom is 0.00472 e. The Morgan fingerprint density at radius 1 is 1.00 bits per heavy atom. The van der Waals surface area contributed by atoms with Gasteiger partial charge in [-0.3, -0.25) is 0 Å². The van der Waals surface area contributed by atoms with Crippen molar-refractivity contribution in [3.63, 3.8) is 0 Å². The molecule has 0 bridgehead atoms. The van der Waals surface area contributed by atoms with E-state index in [4.69, 9.17) is 0 Å². The minimum absolute atomic E-state index is 0.752. The second-order valence-corrected chi connectivity index (χ2v) is 4.31. The molecule has 0 saturated heterocycles. The first-order chi connectivity index (χ1) is 5.52. The Labute approximate surface area is 75.8 Å². The first kappa shape index (κ1) is 9.75. The summed E-state index contributed by atoms with van der Waals surface area (Å²) in [6.07, 6.45) is 0. The summed E-state index contributed by atoms with van der Waals surface area (Å²) in [5.74, 6) is 1.50. The van der Waals surface area contributed by atoms with Gasteiger partial charge in [0, 0.05) is 24.9 Å². The first-order valence-corrected chi connectivity index (χ1v) is 4.50. The molecule has 0 N–H and O–H groups in total. The lowest BCUT2D eigenvalue weighted by atomic mass is 10.3. The van der Waals surface area contributed by atoms with E-state index < -0.39 is 0 Å². The predicted octanol–water partition coefficient (Wildman–Crippen LogP) is 0.912. The van der Waals surface area contributed by atoms with E-state index >= 15 is 0 Å². The van der Waals surface area contributed by atoms with Crippen LogP contribution in [0.4, 0.5) is 0 Å². The SMILES string of the molecule is C=C1C(CN(C)C)C1CN(C)C. The fourth-order valence-corrected chi connectivity index (χ4v) is 1.72. The van der Waals surface area contributed by atoms with Crippen LogP contribution in [0.3, 0.4) is 0 Å². The van der Waals surface area contributed by atoms with Crippen LogP contribution in [0.5, 0.6) is 0 Å². The maximum absolute atomic E-state index is 4.08. The largest absolute Gasteiger partial charge is 0.309 e. The zero-order valence-corrected chi connectivity index (χ0v) is 8.67. The van der Waals surface area contributed by atoms with Crippen molar-refractivity contribution in [1.29, 1.82) is 0 Å². The minimum atomic E-state index is 0.752. The van der Waals surface area contributed by atoms with Gasteiger partial charge in [-0.15, -0.1) is 0 Å². The van der Waals surface area contributed by atoms with Crippen LogP contribution in [0.15, 0.2) is 12.2 Å². The molecule has 1 aliphatic rings. The molecule has 2 unspecified atom stereocenters. The lowest BCUT2D eigenvalue weighted by Gasteiger charge is -2.10. The summed E-state index contributed by atoms with van der Waals surface area (Å²) >= 11 is 0. The van der Waals surface area contributed by atoms with Crippen molar-refractivity contribution >= 4 is 0 Å². The van der Waals surface area contributed by atoms with Gasteiger partial charge in [0.25, 0.3) is 0 Å². The minimum Gasteiger partial charge on any atom is -0.309 e. The summed E-state index contributed by atoms with van der Waals surface area (Å²) in [6, 6.07) is 0. The van der Waals surface area contributed by atoms with Crippen LogP contribution in [0.1, 0.15) is 0 Å². The quantitative estimate of drug-likeness (QED) is 0.576. The molecular formula is C10H20N2. The molecule has 1 saturated carbocycles. The first-order valence-electron chi connectivity index (χ1n) is 4.50. The lowest BCUT2D eigenvalue weighted by Crippen LogP contribution is -2.19. The van der Waals surface area contributed by atoms with Crippen LogP contribution >= 0.6 is 0 Å². The van der Waals surface area contributed by atoms with Crippen molar-refractivity contribution in [3.8, 4) is 0 Å². The van der Waals surface area contributed by atoms with Gasteiger partial charge in [0.1, 0.15) is 0 Å². The fourth-order valence-electron chi connectivity index (χ4n) is 1.72. The van der Waals surface area contributed by atoms with Crippen molar-refractivity contribution in [2.75, 3.05) is 41.3 Å². The molecule has 0 aromatic rings. The molecule has 0 amide bonds. The Hall–Kier alpha value is -0.340. The van der Waals surface area contributed by atoms with E-state index in [1.165, 1.54) is 5.57 Å². The van der Waals surface area contributed by atoms with Gasteiger partial charge in [-0.1, -0.05) is 12.2 Å². The normalized spacial score (nSPS) is 28.7. The smallest absolute Gasteiger partial charge is 0.00472 e. The van der Waals surface area contributed by atoms with E-state index in [2.05, 4.69) is 44.6 Å². The molecule has 12 heavy (non-hydrogen) atoms. The van der Waals surface area contributed by atoms with Gasteiger partial charge >= 0.3 is 0 Å². The third kappa shape index (κ3) is 2.32. The van der Waals surface area contributed by atoms with Gasteiger partial charge in [-0.25, -0.2) is 0 Å². The number of nitrogens with zero attached hydrogens (tertiary/aromatic N) is 2. The highest BCUT2D eigenvalue weighted by Crippen LogP contribution is 2.44. The van der Waals surface area contributed by atoms with Crippen molar-refractivity contribution in [2.45, 2.75) is 0 Å². The van der Waals surface area contributed by atoms with E-state index in [1.807, 2.05) is 0 Å². The molecule has 0 aromatic heterocycles. The molecule has 2 nitrogen and oxygen atoms in total. The molecule has 1 rings (SSSR count). The molecule has 0 aromatic carbocycles. The van der Waals surface area contributed by atoms with Gasteiger partial charge in [0.15, 0.2) is 0 Å². The standard InChI is InChI=1S/C10H20N2/c1-8-9(6-11(2)3)10(8)7-12(4)5/h9-10H,1,6-7H2,2-5H3. The summed E-state index contributed by atoms with van der Waals surface area (Å²) in [5, 5.41) is 0. The van der Waals surface area contributed by atoms with Crippen molar-refractivity contribution in [3.05, 3.63) is 12.2 Å². The van der Waals surface area contributed by atoms with Crippen LogP contribution < -0.4 is 0 Å². The third-order valence-electron chi connectivity index (χ3n) is 2.45. The van der Waals surface area contributed by atoms with Crippen molar-refractivity contribution in [1.82, 2.24) is 9.80 Å². The Balaban J connectivity index is 2.28. The highest BCUT2D eigenvalue weighted by atomic mass is 15.1. The van der Waals surface area contributed by atoms with Gasteiger partial charge in [0.05, 0.1) is 0 Å². The Bertz CT molecular complexity index is 155. The van der Waals surface area contributed by atoms with Gasteiger partial charge in [0.2, 0.25) is 0 Å². The zero-order chi connectivity index (χ0) is 9.30. The monoisotopic (exact) mass is 168 g/mol. The van der Waals surface area contributed by atoms with Gasteiger partial charge in [-0.05, 0) is 28.2 Å². The summed E-state index contributed by atoms with van der Waals surface area (Å²) in [4.78, 5) is 4.48. The van der Waals surface area contributed by atoms with E-state index in [1.54, 1.807) is 0 Å². The third-order valence-corrected chi connectivity index (χ3v) is 2.45. The summed E-state index contributed by atoms with van der Waals surface area (Å²) in [7, 11) is 8.49. The molecule has 0 radical (unpaired) electrons. The fraction of sp³-hybridized carbons (Fsp3) is 0.800. The molecule has 2 atom stereocenters. The van der Waals surface area contributed by atoms with Crippen LogP contribution in [0.2, 0.25) is 0 Å². The average molecular weight is 168 g/mol. The molecule has 0 aliphatic heterocycles. The molecule has 0 spiro atoms.